The molecule has 26 heavy (non-hydrogen) atoms. The Kier molecular flexibility index (Phi) is 5.06. The van der Waals surface area contributed by atoms with Crippen LogP contribution in [0.25, 0.3) is 11.1 Å². The quantitative estimate of drug-likeness (QED) is 0.613. The summed E-state index contributed by atoms with van der Waals surface area (Å²) in [5.74, 6) is -0.553. The Morgan fingerprint density at radius 2 is 1.96 bits per heavy atom. The van der Waals surface area contributed by atoms with Crippen LogP contribution in [0, 0.1) is 0 Å². The normalized spacial score (nSPS) is 19.3. The molecule has 0 bridgehead atoms. The summed E-state index contributed by atoms with van der Waals surface area (Å²) in [6, 6.07) is 11.8. The summed E-state index contributed by atoms with van der Waals surface area (Å²) in [4.78, 5) is 24.0. The molecule has 1 saturated heterocycles. The van der Waals surface area contributed by atoms with Gasteiger partial charge in [0.05, 0.1) is 11.2 Å². The molecule has 0 aliphatic carbocycles. The molecular weight excluding hydrogens is 332 g/mol. The highest BCUT2D eigenvalue weighted by Crippen LogP contribution is 2.27. The Hall–Kier alpha value is -2.70. The third kappa shape index (κ3) is 3.92. The third-order valence-corrected chi connectivity index (χ3v) is 4.63. The van der Waals surface area contributed by atoms with Gasteiger partial charge in [0.1, 0.15) is 5.75 Å². The van der Waals surface area contributed by atoms with E-state index in [2.05, 4.69) is 10.6 Å². The molecule has 0 radical (unpaired) electrons. The van der Waals surface area contributed by atoms with Crippen molar-refractivity contribution < 1.29 is 19.8 Å². The number of phenolic OH excluding ortho intramolecular Hbond substituents is 1. The van der Waals surface area contributed by atoms with Gasteiger partial charge < -0.3 is 20.8 Å². The molecule has 136 valence electrons. The van der Waals surface area contributed by atoms with E-state index in [0.717, 1.165) is 17.7 Å². The van der Waals surface area contributed by atoms with Crippen molar-refractivity contribution in [2.45, 2.75) is 18.9 Å². The number of phenols is 1. The van der Waals surface area contributed by atoms with Crippen LogP contribution in [0.2, 0.25) is 0 Å². The summed E-state index contributed by atoms with van der Waals surface area (Å²) < 4.78 is 0. The number of hydrogen-bond donors (Lipinski definition) is 4. The minimum atomic E-state index is -0.902. The summed E-state index contributed by atoms with van der Waals surface area (Å²) in [5, 5.41) is 25.9. The highest BCUT2D eigenvalue weighted by atomic mass is 16.3. The predicted octanol–water partition coefficient (Wildman–Crippen LogP) is 1.72. The van der Waals surface area contributed by atoms with E-state index in [1.165, 1.54) is 13.0 Å². The number of nitrogens with one attached hydrogen (secondary N) is 2. The Morgan fingerprint density at radius 1 is 1.19 bits per heavy atom. The van der Waals surface area contributed by atoms with E-state index in [1.54, 1.807) is 30.3 Å². The molecule has 0 aromatic heterocycles. The fourth-order valence-corrected chi connectivity index (χ4v) is 3.07. The van der Waals surface area contributed by atoms with Crippen LogP contribution in [0.15, 0.2) is 42.5 Å². The van der Waals surface area contributed by atoms with Crippen molar-refractivity contribution in [3.8, 4) is 16.9 Å². The molecule has 1 aliphatic heterocycles. The number of carbonyl (C=O) groups excluding carboxylic acids is 2. The molecule has 6 nitrogen and oxygen atoms in total. The van der Waals surface area contributed by atoms with Gasteiger partial charge in [-0.3, -0.25) is 9.59 Å². The second-order valence-corrected chi connectivity index (χ2v) is 6.70. The number of β-amino-alcohol motifs (C(OH)–C–C–N with tert-alkyl or cyclic N) is 1. The number of benzene rings is 2. The zero-order chi connectivity index (χ0) is 18.7. The van der Waals surface area contributed by atoms with Crippen molar-refractivity contribution in [1.29, 1.82) is 0 Å². The van der Waals surface area contributed by atoms with Gasteiger partial charge in [-0.2, -0.15) is 0 Å². The van der Waals surface area contributed by atoms with Crippen molar-refractivity contribution in [3.63, 3.8) is 0 Å². The molecule has 2 aromatic rings. The number of hydrogen-bond acceptors (Lipinski definition) is 5. The van der Waals surface area contributed by atoms with Gasteiger partial charge in [0, 0.05) is 18.7 Å². The highest BCUT2D eigenvalue weighted by molar-refractivity contribution is 5.98. The Balaban J connectivity index is 1.79. The minimum Gasteiger partial charge on any atom is -0.507 e. The number of aliphatic hydroxyl groups is 1. The first-order chi connectivity index (χ1) is 12.4. The second kappa shape index (κ2) is 7.27. The number of ketones is 1. The van der Waals surface area contributed by atoms with Crippen LogP contribution in [-0.2, 0) is 0 Å². The molecule has 1 amide bonds. The summed E-state index contributed by atoms with van der Waals surface area (Å²) in [7, 11) is 0. The lowest BCUT2D eigenvalue weighted by Crippen LogP contribution is -2.44. The van der Waals surface area contributed by atoms with Crippen molar-refractivity contribution in [1.82, 2.24) is 10.6 Å². The molecular formula is C20H22N2O4. The number of rotatable bonds is 5. The molecule has 1 fully saturated rings. The molecule has 1 heterocycles. The maximum Gasteiger partial charge on any atom is 0.251 e. The smallest absolute Gasteiger partial charge is 0.251 e. The zero-order valence-electron chi connectivity index (χ0n) is 14.6. The van der Waals surface area contributed by atoms with Gasteiger partial charge in [0.2, 0.25) is 0 Å². The first kappa shape index (κ1) is 18.1. The number of amides is 1. The Bertz CT molecular complexity index is 841. The van der Waals surface area contributed by atoms with E-state index in [9.17, 15) is 19.8 Å². The zero-order valence-corrected chi connectivity index (χ0v) is 14.6. The average molecular weight is 354 g/mol. The van der Waals surface area contributed by atoms with Gasteiger partial charge in [0.15, 0.2) is 5.78 Å². The minimum absolute atomic E-state index is 0.0615. The standard InChI is InChI=1S/C20H22N2O4/c1-13(23)17-10-15(5-6-18(17)24)14-3-2-4-16(9-14)19(25)22-12-20(26)7-8-21-11-20/h2-6,9-10,21,24,26H,7-8,11-12H2,1H3,(H,22,25)/t20-/m1/s1. The summed E-state index contributed by atoms with van der Waals surface area (Å²) in [6.07, 6.45) is 0.606. The SMILES string of the molecule is CC(=O)c1cc(-c2cccc(C(=O)NC[C@@]3(O)CCNC3)c2)ccc1O. The largest absolute Gasteiger partial charge is 0.507 e. The summed E-state index contributed by atoms with van der Waals surface area (Å²) >= 11 is 0. The van der Waals surface area contributed by atoms with Crippen LogP contribution in [-0.4, -0.2) is 47.1 Å². The average Bonchev–Trinajstić information content (AvgIpc) is 3.07. The second-order valence-electron chi connectivity index (χ2n) is 6.70. The number of Topliss-reactive ketones (excluding diaryl/α,β-unsaturated/α-hetero) is 1. The molecule has 1 aliphatic rings. The molecule has 3 rings (SSSR count). The van der Waals surface area contributed by atoms with Crippen LogP contribution in [0.5, 0.6) is 5.75 Å². The molecule has 1 atom stereocenters. The fourth-order valence-electron chi connectivity index (χ4n) is 3.07. The fraction of sp³-hybridized carbons (Fsp3) is 0.300. The highest BCUT2D eigenvalue weighted by Gasteiger charge is 2.31. The lowest BCUT2D eigenvalue weighted by atomic mass is 9.99. The van der Waals surface area contributed by atoms with E-state index in [4.69, 9.17) is 0 Å². The van der Waals surface area contributed by atoms with Crippen molar-refractivity contribution in [2.24, 2.45) is 0 Å². The topological polar surface area (TPSA) is 98.7 Å². The maximum absolute atomic E-state index is 12.4. The first-order valence-electron chi connectivity index (χ1n) is 8.54. The van der Waals surface area contributed by atoms with Gasteiger partial charge >= 0.3 is 0 Å². The molecule has 2 aromatic carbocycles. The molecule has 0 unspecified atom stereocenters. The molecule has 6 heteroatoms. The lowest BCUT2D eigenvalue weighted by molar-refractivity contribution is 0.0562. The van der Waals surface area contributed by atoms with E-state index >= 15 is 0 Å². The van der Waals surface area contributed by atoms with E-state index < -0.39 is 5.60 Å². The van der Waals surface area contributed by atoms with Crippen LogP contribution in [0.1, 0.15) is 34.1 Å². The van der Waals surface area contributed by atoms with Crippen molar-refractivity contribution in [2.75, 3.05) is 19.6 Å². The summed E-state index contributed by atoms with van der Waals surface area (Å²) in [6.45, 7) is 2.79. The van der Waals surface area contributed by atoms with Gasteiger partial charge in [-0.1, -0.05) is 18.2 Å². The van der Waals surface area contributed by atoms with Gasteiger partial charge in [-0.05, 0) is 55.3 Å². The predicted molar refractivity (Wildman–Crippen MR) is 98.3 cm³/mol. The summed E-state index contributed by atoms with van der Waals surface area (Å²) in [5.41, 5.74) is 1.31. The van der Waals surface area contributed by atoms with Crippen molar-refractivity contribution in [3.05, 3.63) is 53.6 Å². The molecule has 4 N–H and O–H groups in total. The van der Waals surface area contributed by atoms with Crippen molar-refractivity contribution >= 4 is 11.7 Å². The first-order valence-corrected chi connectivity index (χ1v) is 8.54. The molecule has 0 spiro atoms. The Morgan fingerprint density at radius 3 is 2.65 bits per heavy atom. The third-order valence-electron chi connectivity index (χ3n) is 4.63. The Labute approximate surface area is 151 Å². The van der Waals surface area contributed by atoms with Crippen LogP contribution in [0.3, 0.4) is 0 Å². The van der Waals surface area contributed by atoms with E-state index in [-0.39, 0.29) is 29.5 Å². The van der Waals surface area contributed by atoms with Crippen LogP contribution < -0.4 is 10.6 Å². The van der Waals surface area contributed by atoms with Crippen LogP contribution >= 0.6 is 0 Å². The number of aromatic hydroxyl groups is 1. The number of carbonyl (C=O) groups is 2. The van der Waals surface area contributed by atoms with Gasteiger partial charge in [-0.15, -0.1) is 0 Å². The monoisotopic (exact) mass is 354 g/mol. The van der Waals surface area contributed by atoms with Gasteiger partial charge in [-0.25, -0.2) is 0 Å². The maximum atomic E-state index is 12.4. The molecule has 0 saturated carbocycles. The van der Waals surface area contributed by atoms with E-state index in [0.29, 0.717) is 18.5 Å². The van der Waals surface area contributed by atoms with Gasteiger partial charge in [0.25, 0.3) is 5.91 Å². The van der Waals surface area contributed by atoms with E-state index in [1.807, 2.05) is 6.07 Å². The lowest BCUT2D eigenvalue weighted by Gasteiger charge is -2.21. The van der Waals surface area contributed by atoms with Crippen LogP contribution in [0.4, 0.5) is 0 Å².